The third kappa shape index (κ3) is 3.47. The normalized spacial score (nSPS) is 12.0. The maximum absolute atomic E-state index is 5.99. The average molecular weight is 356 g/mol. The zero-order valence-corrected chi connectivity index (χ0v) is 13.7. The summed E-state index contributed by atoms with van der Waals surface area (Å²) in [5.74, 6) is 1.65. The Bertz CT molecular complexity index is 569. The van der Waals surface area contributed by atoms with Gasteiger partial charge in [-0.2, -0.15) is 0 Å². The van der Waals surface area contributed by atoms with Crippen molar-refractivity contribution in [2.75, 3.05) is 13.7 Å². The molecule has 2 rings (SSSR count). The van der Waals surface area contributed by atoms with E-state index < -0.39 is 0 Å². The first-order valence-electron chi connectivity index (χ1n) is 6.36. The van der Waals surface area contributed by atoms with Crippen LogP contribution in [0.5, 0.6) is 11.5 Å². The summed E-state index contributed by atoms with van der Waals surface area (Å²) in [6.45, 7) is 2.64. The summed E-state index contributed by atoms with van der Waals surface area (Å²) < 4.78 is 10.8. The van der Waals surface area contributed by atoms with Crippen LogP contribution in [-0.2, 0) is 0 Å². The zero-order chi connectivity index (χ0) is 14.5. The lowest BCUT2D eigenvalue weighted by Gasteiger charge is -2.15. The van der Waals surface area contributed by atoms with E-state index in [0.29, 0.717) is 11.6 Å². The molecule has 0 saturated carbocycles. The van der Waals surface area contributed by atoms with Gasteiger partial charge in [-0.05, 0) is 36.8 Å². The van der Waals surface area contributed by atoms with Gasteiger partial charge in [-0.15, -0.1) is 0 Å². The third-order valence-corrected chi connectivity index (χ3v) is 4.21. The van der Waals surface area contributed by atoms with Crippen molar-refractivity contribution in [3.63, 3.8) is 0 Å². The Hall–Kier alpha value is -1.19. The standard InChI is InChI=1S/C16H16BrClO2/c1-3-20-13-7-4-11(5-8-13)16(17)14-9-6-12(18)10-15(14)19-2/h4-10,16H,3H2,1-2H3. The van der Waals surface area contributed by atoms with Gasteiger partial charge in [0.15, 0.2) is 0 Å². The van der Waals surface area contributed by atoms with Crippen molar-refractivity contribution in [1.29, 1.82) is 0 Å². The van der Waals surface area contributed by atoms with Crippen LogP contribution in [-0.4, -0.2) is 13.7 Å². The molecule has 2 aromatic rings. The quantitative estimate of drug-likeness (QED) is 0.684. The van der Waals surface area contributed by atoms with Gasteiger partial charge in [0.05, 0.1) is 18.5 Å². The highest BCUT2D eigenvalue weighted by Crippen LogP contribution is 2.38. The van der Waals surface area contributed by atoms with Crippen LogP contribution in [0.15, 0.2) is 42.5 Å². The number of halogens is 2. The molecule has 0 radical (unpaired) electrons. The van der Waals surface area contributed by atoms with E-state index in [1.165, 1.54) is 0 Å². The van der Waals surface area contributed by atoms with Crippen molar-refractivity contribution in [2.45, 2.75) is 11.8 Å². The second-order valence-corrected chi connectivity index (χ2v) is 5.60. The number of hydrogen-bond acceptors (Lipinski definition) is 2. The summed E-state index contributed by atoms with van der Waals surface area (Å²) in [6.07, 6.45) is 0. The fourth-order valence-corrected chi connectivity index (χ4v) is 2.82. The first-order valence-corrected chi connectivity index (χ1v) is 7.65. The summed E-state index contributed by atoms with van der Waals surface area (Å²) in [7, 11) is 1.65. The first-order chi connectivity index (χ1) is 9.65. The highest BCUT2D eigenvalue weighted by Gasteiger charge is 2.15. The van der Waals surface area contributed by atoms with E-state index in [9.17, 15) is 0 Å². The van der Waals surface area contributed by atoms with Gasteiger partial charge < -0.3 is 9.47 Å². The second kappa shape index (κ2) is 7.00. The molecular formula is C16H16BrClO2. The Balaban J connectivity index is 2.28. The SMILES string of the molecule is CCOc1ccc(C(Br)c2ccc(Cl)cc2OC)cc1. The molecule has 0 aliphatic heterocycles. The van der Waals surface area contributed by atoms with Crippen molar-refractivity contribution in [2.24, 2.45) is 0 Å². The van der Waals surface area contributed by atoms with Crippen LogP contribution in [0.1, 0.15) is 22.9 Å². The van der Waals surface area contributed by atoms with Gasteiger partial charge in [0, 0.05) is 10.6 Å². The average Bonchev–Trinajstić information content (AvgIpc) is 2.47. The molecule has 1 unspecified atom stereocenters. The number of alkyl halides is 1. The van der Waals surface area contributed by atoms with E-state index in [2.05, 4.69) is 15.9 Å². The summed E-state index contributed by atoms with van der Waals surface area (Å²) in [5.41, 5.74) is 2.18. The van der Waals surface area contributed by atoms with Gasteiger partial charge in [-0.3, -0.25) is 0 Å². The molecule has 0 aromatic heterocycles. The molecule has 0 saturated heterocycles. The van der Waals surface area contributed by atoms with Crippen LogP contribution < -0.4 is 9.47 Å². The molecule has 0 amide bonds. The topological polar surface area (TPSA) is 18.5 Å². The largest absolute Gasteiger partial charge is 0.496 e. The molecule has 0 bridgehead atoms. The molecule has 20 heavy (non-hydrogen) atoms. The summed E-state index contributed by atoms with van der Waals surface area (Å²) in [5, 5.41) is 0.664. The van der Waals surface area contributed by atoms with Crippen molar-refractivity contribution < 1.29 is 9.47 Å². The first kappa shape index (κ1) is 15.2. The number of ether oxygens (including phenoxy) is 2. The van der Waals surface area contributed by atoms with E-state index in [0.717, 1.165) is 22.6 Å². The lowest BCUT2D eigenvalue weighted by Crippen LogP contribution is -1.98. The molecule has 106 valence electrons. The van der Waals surface area contributed by atoms with Gasteiger partial charge in [-0.25, -0.2) is 0 Å². The predicted molar refractivity (Wildman–Crippen MR) is 86.4 cm³/mol. The lowest BCUT2D eigenvalue weighted by atomic mass is 10.0. The van der Waals surface area contributed by atoms with Crippen molar-refractivity contribution >= 4 is 27.5 Å². The highest BCUT2D eigenvalue weighted by atomic mass is 79.9. The van der Waals surface area contributed by atoms with Crippen molar-refractivity contribution in [1.82, 2.24) is 0 Å². The van der Waals surface area contributed by atoms with Crippen molar-refractivity contribution in [3.05, 3.63) is 58.6 Å². The number of methoxy groups -OCH3 is 1. The van der Waals surface area contributed by atoms with Gasteiger partial charge in [0.25, 0.3) is 0 Å². The molecule has 0 fully saturated rings. The molecule has 0 N–H and O–H groups in total. The van der Waals surface area contributed by atoms with E-state index >= 15 is 0 Å². The Morgan fingerprint density at radius 1 is 1.15 bits per heavy atom. The maximum atomic E-state index is 5.99. The molecular weight excluding hydrogens is 340 g/mol. The number of hydrogen-bond donors (Lipinski definition) is 0. The molecule has 0 aliphatic carbocycles. The van der Waals surface area contributed by atoms with Crippen LogP contribution >= 0.6 is 27.5 Å². The number of benzene rings is 2. The molecule has 0 aliphatic rings. The fraction of sp³-hybridized carbons (Fsp3) is 0.250. The smallest absolute Gasteiger partial charge is 0.125 e. The summed E-state index contributed by atoms with van der Waals surface area (Å²) >= 11 is 9.70. The minimum atomic E-state index is 0.0467. The van der Waals surface area contributed by atoms with Crippen LogP contribution in [0.2, 0.25) is 5.02 Å². The molecule has 1 atom stereocenters. The lowest BCUT2D eigenvalue weighted by molar-refractivity contribution is 0.340. The van der Waals surface area contributed by atoms with E-state index in [4.69, 9.17) is 21.1 Å². The zero-order valence-electron chi connectivity index (χ0n) is 11.4. The van der Waals surface area contributed by atoms with Crippen molar-refractivity contribution in [3.8, 4) is 11.5 Å². The predicted octanol–water partition coefficient (Wildman–Crippen LogP) is 5.23. The van der Waals surface area contributed by atoms with E-state index in [1.807, 2.05) is 49.4 Å². The fourth-order valence-electron chi connectivity index (χ4n) is 1.97. The molecule has 2 aromatic carbocycles. The van der Waals surface area contributed by atoms with Crippen LogP contribution in [0.3, 0.4) is 0 Å². The molecule has 4 heteroatoms. The van der Waals surface area contributed by atoms with E-state index in [1.54, 1.807) is 7.11 Å². The van der Waals surface area contributed by atoms with Crippen LogP contribution in [0.25, 0.3) is 0 Å². The van der Waals surface area contributed by atoms with Crippen LogP contribution in [0, 0.1) is 0 Å². The Kier molecular flexibility index (Phi) is 5.32. The van der Waals surface area contributed by atoms with Gasteiger partial charge in [0.1, 0.15) is 11.5 Å². The molecule has 2 nitrogen and oxygen atoms in total. The van der Waals surface area contributed by atoms with Crippen LogP contribution in [0.4, 0.5) is 0 Å². The summed E-state index contributed by atoms with van der Waals surface area (Å²) in [4.78, 5) is 0.0467. The molecule has 0 spiro atoms. The highest BCUT2D eigenvalue weighted by molar-refractivity contribution is 9.09. The van der Waals surface area contributed by atoms with Gasteiger partial charge in [-0.1, -0.05) is 45.7 Å². The Morgan fingerprint density at radius 3 is 2.45 bits per heavy atom. The summed E-state index contributed by atoms with van der Waals surface area (Å²) in [6, 6.07) is 13.7. The Labute approximate surface area is 132 Å². The Morgan fingerprint density at radius 2 is 1.85 bits per heavy atom. The maximum Gasteiger partial charge on any atom is 0.125 e. The second-order valence-electron chi connectivity index (χ2n) is 4.25. The monoisotopic (exact) mass is 354 g/mol. The van der Waals surface area contributed by atoms with Gasteiger partial charge in [0.2, 0.25) is 0 Å². The number of rotatable bonds is 5. The third-order valence-electron chi connectivity index (χ3n) is 2.95. The minimum Gasteiger partial charge on any atom is -0.496 e. The molecule has 0 heterocycles. The van der Waals surface area contributed by atoms with Gasteiger partial charge >= 0.3 is 0 Å². The minimum absolute atomic E-state index is 0.0467. The van der Waals surface area contributed by atoms with E-state index in [-0.39, 0.29) is 4.83 Å².